The molecule has 0 fully saturated rings. The topological polar surface area (TPSA) is 25.2 Å². The lowest BCUT2D eigenvalue weighted by Crippen LogP contribution is -1.85. The van der Waals surface area contributed by atoms with E-state index < -0.39 is 0 Å². The summed E-state index contributed by atoms with van der Waals surface area (Å²) in [5, 5.41) is 0. The number of aliphatic imine (C=N–C) groups is 1. The molecule has 2 heteroatoms. The number of hydrogen-bond donors (Lipinski definition) is 0. The van der Waals surface area contributed by atoms with E-state index in [0.29, 0.717) is 0 Å². The lowest BCUT2D eigenvalue weighted by atomic mass is 10.2. The van der Waals surface area contributed by atoms with Crippen LogP contribution in [0, 0.1) is 0 Å². The molecular formula is C8H10N2. The first-order valence-corrected chi connectivity index (χ1v) is 3.23. The largest absolute Gasteiger partial charge is 0.301 e. The third-order valence-corrected chi connectivity index (χ3v) is 1.23. The van der Waals surface area contributed by atoms with Gasteiger partial charge in [0.05, 0.1) is 0 Å². The standard InChI is InChI=1S/C8H10N2/c1-9-6-4-8-3-2-5-10-7-8/h2-3,5-7H,4H2,1H3. The van der Waals surface area contributed by atoms with Gasteiger partial charge in [0, 0.05) is 32.1 Å². The molecule has 1 aromatic heterocycles. The first-order valence-electron chi connectivity index (χ1n) is 3.23. The van der Waals surface area contributed by atoms with Gasteiger partial charge in [0.25, 0.3) is 0 Å². The highest BCUT2D eigenvalue weighted by Crippen LogP contribution is 1.93. The molecule has 0 saturated carbocycles. The average molecular weight is 134 g/mol. The van der Waals surface area contributed by atoms with Crippen LogP contribution in [0.5, 0.6) is 0 Å². The maximum atomic E-state index is 3.98. The Morgan fingerprint density at radius 2 is 2.60 bits per heavy atom. The molecule has 52 valence electrons. The summed E-state index contributed by atoms with van der Waals surface area (Å²) >= 11 is 0. The number of aromatic nitrogens is 1. The van der Waals surface area contributed by atoms with E-state index >= 15 is 0 Å². The van der Waals surface area contributed by atoms with Crippen molar-refractivity contribution in [3.05, 3.63) is 30.1 Å². The van der Waals surface area contributed by atoms with E-state index in [2.05, 4.69) is 9.98 Å². The van der Waals surface area contributed by atoms with Crippen LogP contribution < -0.4 is 0 Å². The van der Waals surface area contributed by atoms with Crippen molar-refractivity contribution in [2.45, 2.75) is 6.42 Å². The molecule has 2 nitrogen and oxygen atoms in total. The van der Waals surface area contributed by atoms with Crippen molar-refractivity contribution < 1.29 is 0 Å². The Morgan fingerprint density at radius 1 is 1.70 bits per heavy atom. The molecule has 0 radical (unpaired) electrons. The van der Waals surface area contributed by atoms with Gasteiger partial charge in [-0.05, 0) is 11.6 Å². The van der Waals surface area contributed by atoms with E-state index in [-0.39, 0.29) is 0 Å². The fourth-order valence-electron chi connectivity index (χ4n) is 0.716. The summed E-state index contributed by atoms with van der Waals surface area (Å²) in [5.41, 5.74) is 1.20. The Morgan fingerprint density at radius 3 is 3.20 bits per heavy atom. The van der Waals surface area contributed by atoms with Crippen molar-refractivity contribution in [2.75, 3.05) is 7.05 Å². The highest BCUT2D eigenvalue weighted by molar-refractivity contribution is 5.60. The second kappa shape index (κ2) is 3.77. The number of rotatable bonds is 2. The summed E-state index contributed by atoms with van der Waals surface area (Å²) in [6, 6.07) is 3.97. The maximum absolute atomic E-state index is 3.98. The van der Waals surface area contributed by atoms with Crippen LogP contribution in [0.3, 0.4) is 0 Å². The summed E-state index contributed by atoms with van der Waals surface area (Å²) in [6.07, 6.45) is 6.37. The van der Waals surface area contributed by atoms with Gasteiger partial charge in [0.15, 0.2) is 0 Å². The molecular weight excluding hydrogens is 124 g/mol. The molecule has 0 N–H and O–H groups in total. The van der Waals surface area contributed by atoms with Crippen LogP contribution in [-0.4, -0.2) is 18.2 Å². The fraction of sp³-hybridized carbons (Fsp3) is 0.250. The van der Waals surface area contributed by atoms with Gasteiger partial charge in [0.2, 0.25) is 0 Å². The second-order valence-electron chi connectivity index (χ2n) is 2.01. The third kappa shape index (κ3) is 1.97. The van der Waals surface area contributed by atoms with Gasteiger partial charge in [-0.25, -0.2) is 0 Å². The highest BCUT2D eigenvalue weighted by Gasteiger charge is 1.84. The highest BCUT2D eigenvalue weighted by atomic mass is 14.6. The first kappa shape index (κ1) is 6.93. The zero-order chi connectivity index (χ0) is 7.23. The van der Waals surface area contributed by atoms with Gasteiger partial charge in [0.1, 0.15) is 0 Å². The van der Waals surface area contributed by atoms with Crippen LogP contribution in [0.2, 0.25) is 0 Å². The van der Waals surface area contributed by atoms with Gasteiger partial charge in [-0.2, -0.15) is 0 Å². The summed E-state index contributed by atoms with van der Waals surface area (Å²) < 4.78 is 0. The van der Waals surface area contributed by atoms with E-state index in [1.165, 1.54) is 5.56 Å². The zero-order valence-electron chi connectivity index (χ0n) is 5.99. The van der Waals surface area contributed by atoms with Crippen LogP contribution in [0.15, 0.2) is 29.5 Å². The molecule has 0 saturated heterocycles. The van der Waals surface area contributed by atoms with E-state index in [1.54, 1.807) is 13.2 Å². The average Bonchev–Trinajstić information content (AvgIpc) is 2.03. The molecule has 10 heavy (non-hydrogen) atoms. The van der Waals surface area contributed by atoms with Gasteiger partial charge < -0.3 is 4.99 Å². The minimum atomic E-state index is 0.879. The quantitative estimate of drug-likeness (QED) is 0.560. The number of pyridine rings is 1. The molecule has 0 bridgehead atoms. The Balaban J connectivity index is 2.59. The SMILES string of the molecule is CN=CCc1cccnc1. The Labute approximate surface area is 60.6 Å². The van der Waals surface area contributed by atoms with Crippen LogP contribution in [0.4, 0.5) is 0 Å². The molecule has 0 amide bonds. The lowest BCUT2D eigenvalue weighted by molar-refractivity contribution is 1.22. The zero-order valence-corrected chi connectivity index (χ0v) is 5.99. The van der Waals surface area contributed by atoms with E-state index in [4.69, 9.17) is 0 Å². The minimum Gasteiger partial charge on any atom is -0.301 e. The van der Waals surface area contributed by atoms with Crippen molar-refractivity contribution in [1.29, 1.82) is 0 Å². The lowest BCUT2D eigenvalue weighted by Gasteiger charge is -1.90. The monoisotopic (exact) mass is 134 g/mol. The molecule has 0 aliphatic carbocycles. The van der Waals surface area contributed by atoms with Crippen LogP contribution in [0.1, 0.15) is 5.56 Å². The molecule has 1 heterocycles. The van der Waals surface area contributed by atoms with E-state index in [0.717, 1.165) is 6.42 Å². The van der Waals surface area contributed by atoms with Crippen molar-refractivity contribution in [3.8, 4) is 0 Å². The van der Waals surface area contributed by atoms with E-state index in [1.807, 2.05) is 24.5 Å². The van der Waals surface area contributed by atoms with E-state index in [9.17, 15) is 0 Å². The third-order valence-electron chi connectivity index (χ3n) is 1.23. The molecule has 1 aromatic rings. The Bertz CT molecular complexity index is 204. The van der Waals surface area contributed by atoms with Crippen LogP contribution in [-0.2, 0) is 6.42 Å². The van der Waals surface area contributed by atoms with Crippen LogP contribution >= 0.6 is 0 Å². The summed E-state index contributed by atoms with van der Waals surface area (Å²) in [7, 11) is 1.77. The maximum Gasteiger partial charge on any atom is 0.0303 e. The molecule has 0 atom stereocenters. The van der Waals surface area contributed by atoms with Gasteiger partial charge in [-0.15, -0.1) is 0 Å². The Hall–Kier alpha value is -1.18. The smallest absolute Gasteiger partial charge is 0.0303 e. The first-order chi connectivity index (χ1) is 4.93. The summed E-state index contributed by atoms with van der Waals surface area (Å²) in [6.45, 7) is 0. The van der Waals surface area contributed by atoms with Crippen molar-refractivity contribution in [3.63, 3.8) is 0 Å². The predicted molar refractivity (Wildman–Crippen MR) is 42.4 cm³/mol. The van der Waals surface area contributed by atoms with Crippen molar-refractivity contribution >= 4 is 6.21 Å². The van der Waals surface area contributed by atoms with Gasteiger partial charge in [-0.3, -0.25) is 4.98 Å². The predicted octanol–water partition coefficient (Wildman–Crippen LogP) is 1.32. The van der Waals surface area contributed by atoms with Gasteiger partial charge in [-0.1, -0.05) is 6.07 Å². The molecule has 0 aliphatic heterocycles. The van der Waals surface area contributed by atoms with Crippen molar-refractivity contribution in [1.82, 2.24) is 4.98 Å². The minimum absolute atomic E-state index is 0.879. The molecule has 0 spiro atoms. The van der Waals surface area contributed by atoms with Gasteiger partial charge >= 0.3 is 0 Å². The van der Waals surface area contributed by atoms with Crippen molar-refractivity contribution in [2.24, 2.45) is 4.99 Å². The summed E-state index contributed by atoms with van der Waals surface area (Å²) in [4.78, 5) is 7.85. The Kier molecular flexibility index (Phi) is 2.62. The fourth-order valence-corrected chi connectivity index (χ4v) is 0.716. The molecule has 0 unspecified atom stereocenters. The molecule has 0 aliphatic rings. The normalized spacial score (nSPS) is 10.5. The summed E-state index contributed by atoms with van der Waals surface area (Å²) in [5.74, 6) is 0. The van der Waals surface area contributed by atoms with Crippen LogP contribution in [0.25, 0.3) is 0 Å². The number of hydrogen-bond acceptors (Lipinski definition) is 2. The second-order valence-corrected chi connectivity index (χ2v) is 2.01. The molecule has 1 rings (SSSR count). The molecule has 0 aromatic carbocycles. The number of nitrogens with zero attached hydrogens (tertiary/aromatic N) is 2.